The highest BCUT2D eigenvalue weighted by atomic mass is 16.2. The van der Waals surface area contributed by atoms with Crippen molar-refractivity contribution in [3.05, 3.63) is 30.3 Å². The Balaban J connectivity index is 1.15. The Morgan fingerprint density at radius 3 is 2.34 bits per heavy atom. The first kappa shape index (κ1) is 20.6. The molecule has 0 bridgehead atoms. The SMILES string of the molecule is CN1CCCC(N2CCN(C(=O)CCN3CCN(c4ccccc4)CC3)CC2)C1. The highest BCUT2D eigenvalue weighted by molar-refractivity contribution is 5.76. The number of benzene rings is 1. The van der Waals surface area contributed by atoms with E-state index in [4.69, 9.17) is 0 Å². The molecular formula is C23H37N5O. The van der Waals surface area contributed by atoms with Gasteiger partial charge in [0.25, 0.3) is 0 Å². The van der Waals surface area contributed by atoms with Crippen molar-refractivity contribution in [3.63, 3.8) is 0 Å². The first-order chi connectivity index (χ1) is 14.2. The maximum absolute atomic E-state index is 12.7. The molecule has 3 saturated heterocycles. The van der Waals surface area contributed by atoms with Gasteiger partial charge in [-0.15, -0.1) is 0 Å². The molecule has 160 valence electrons. The number of amides is 1. The number of piperidine rings is 1. The van der Waals surface area contributed by atoms with Crippen molar-refractivity contribution in [3.8, 4) is 0 Å². The van der Waals surface area contributed by atoms with Crippen LogP contribution in [0.2, 0.25) is 0 Å². The van der Waals surface area contributed by atoms with E-state index in [1.807, 2.05) is 0 Å². The number of likely N-dealkylation sites (N-methyl/N-ethyl adjacent to an activating group) is 1. The zero-order chi connectivity index (χ0) is 20.1. The Hall–Kier alpha value is -1.63. The van der Waals surface area contributed by atoms with Crippen molar-refractivity contribution < 1.29 is 4.79 Å². The second-order valence-corrected chi connectivity index (χ2v) is 8.89. The number of rotatable bonds is 5. The van der Waals surface area contributed by atoms with Gasteiger partial charge in [-0.1, -0.05) is 18.2 Å². The van der Waals surface area contributed by atoms with Gasteiger partial charge in [0.15, 0.2) is 0 Å². The summed E-state index contributed by atoms with van der Waals surface area (Å²) in [6.45, 7) is 11.4. The molecule has 4 rings (SSSR count). The maximum Gasteiger partial charge on any atom is 0.223 e. The molecule has 1 aromatic rings. The van der Waals surface area contributed by atoms with Gasteiger partial charge >= 0.3 is 0 Å². The summed E-state index contributed by atoms with van der Waals surface area (Å²) in [4.78, 5) is 24.8. The predicted molar refractivity (Wildman–Crippen MR) is 118 cm³/mol. The van der Waals surface area contributed by atoms with Crippen LogP contribution in [0.25, 0.3) is 0 Å². The van der Waals surface area contributed by atoms with Crippen molar-refractivity contribution in [1.82, 2.24) is 19.6 Å². The Labute approximate surface area is 176 Å². The van der Waals surface area contributed by atoms with Gasteiger partial charge in [0, 0.05) is 83.6 Å². The molecule has 3 heterocycles. The van der Waals surface area contributed by atoms with Crippen LogP contribution < -0.4 is 4.90 Å². The average Bonchev–Trinajstić information content (AvgIpc) is 2.78. The monoisotopic (exact) mass is 399 g/mol. The number of hydrogen-bond acceptors (Lipinski definition) is 5. The molecule has 0 saturated carbocycles. The zero-order valence-electron chi connectivity index (χ0n) is 18.0. The second-order valence-electron chi connectivity index (χ2n) is 8.89. The molecule has 29 heavy (non-hydrogen) atoms. The lowest BCUT2D eigenvalue weighted by atomic mass is 10.0. The molecule has 3 aliphatic rings. The number of carbonyl (C=O) groups excluding carboxylic acids is 1. The van der Waals surface area contributed by atoms with Gasteiger partial charge in [-0.05, 0) is 38.6 Å². The van der Waals surface area contributed by atoms with Crippen LogP contribution in [0.1, 0.15) is 19.3 Å². The third kappa shape index (κ3) is 5.50. The van der Waals surface area contributed by atoms with Crippen molar-refractivity contribution in [2.75, 3.05) is 83.9 Å². The van der Waals surface area contributed by atoms with E-state index in [-0.39, 0.29) is 0 Å². The third-order valence-electron chi connectivity index (χ3n) is 6.92. The lowest BCUT2D eigenvalue weighted by Gasteiger charge is -2.42. The van der Waals surface area contributed by atoms with Gasteiger partial charge in [0.05, 0.1) is 0 Å². The number of hydrogen-bond donors (Lipinski definition) is 0. The number of nitrogens with zero attached hydrogens (tertiary/aromatic N) is 5. The number of carbonyl (C=O) groups is 1. The second kappa shape index (κ2) is 9.92. The van der Waals surface area contributed by atoms with E-state index >= 15 is 0 Å². The van der Waals surface area contributed by atoms with Gasteiger partial charge in [-0.3, -0.25) is 14.6 Å². The van der Waals surface area contributed by atoms with Crippen molar-refractivity contribution in [2.24, 2.45) is 0 Å². The molecule has 6 heteroatoms. The smallest absolute Gasteiger partial charge is 0.223 e. The fourth-order valence-electron chi connectivity index (χ4n) is 5.05. The van der Waals surface area contributed by atoms with Crippen LogP contribution >= 0.6 is 0 Å². The van der Waals surface area contributed by atoms with Crippen LogP contribution in [0.4, 0.5) is 5.69 Å². The topological polar surface area (TPSA) is 33.3 Å². The molecule has 1 unspecified atom stereocenters. The molecule has 1 aromatic carbocycles. The molecule has 3 aliphatic heterocycles. The summed E-state index contributed by atoms with van der Waals surface area (Å²) in [6, 6.07) is 11.3. The fraction of sp³-hybridized carbons (Fsp3) is 0.696. The summed E-state index contributed by atoms with van der Waals surface area (Å²) in [5.74, 6) is 0.343. The van der Waals surface area contributed by atoms with Gasteiger partial charge in [-0.25, -0.2) is 0 Å². The van der Waals surface area contributed by atoms with E-state index in [0.29, 0.717) is 18.4 Å². The summed E-state index contributed by atoms with van der Waals surface area (Å²) in [5.41, 5.74) is 1.31. The average molecular weight is 400 g/mol. The van der Waals surface area contributed by atoms with Crippen LogP contribution in [0.3, 0.4) is 0 Å². The quantitative estimate of drug-likeness (QED) is 0.748. The van der Waals surface area contributed by atoms with Crippen LogP contribution in [-0.4, -0.2) is 111 Å². The number of piperazine rings is 2. The highest BCUT2D eigenvalue weighted by Gasteiger charge is 2.28. The highest BCUT2D eigenvalue weighted by Crippen LogP contribution is 2.18. The maximum atomic E-state index is 12.7. The Morgan fingerprint density at radius 2 is 1.66 bits per heavy atom. The summed E-state index contributed by atoms with van der Waals surface area (Å²) in [7, 11) is 2.23. The number of para-hydroxylation sites is 1. The Bertz CT molecular complexity index is 638. The predicted octanol–water partition coefficient (Wildman–Crippen LogP) is 1.44. The standard InChI is InChI=1S/C23H37N5O/c1-24-10-5-8-22(20-24)27-16-18-28(19-17-27)23(29)9-11-25-12-14-26(15-13-25)21-6-3-2-4-7-21/h2-4,6-7,22H,5,8-20H2,1H3. The molecular weight excluding hydrogens is 362 g/mol. The van der Waals surface area contributed by atoms with Crippen LogP contribution in [0, 0.1) is 0 Å². The molecule has 6 nitrogen and oxygen atoms in total. The van der Waals surface area contributed by atoms with Crippen molar-refractivity contribution in [1.29, 1.82) is 0 Å². The molecule has 0 spiro atoms. The zero-order valence-corrected chi connectivity index (χ0v) is 18.0. The molecule has 0 aliphatic carbocycles. The Morgan fingerprint density at radius 1 is 0.931 bits per heavy atom. The number of likely N-dealkylation sites (tertiary alicyclic amines) is 1. The molecule has 0 N–H and O–H groups in total. The Kier molecular flexibility index (Phi) is 7.06. The molecule has 1 amide bonds. The van der Waals surface area contributed by atoms with E-state index < -0.39 is 0 Å². The summed E-state index contributed by atoms with van der Waals surface area (Å²) in [5, 5.41) is 0. The van der Waals surface area contributed by atoms with E-state index in [1.54, 1.807) is 0 Å². The van der Waals surface area contributed by atoms with E-state index in [2.05, 4.69) is 61.9 Å². The van der Waals surface area contributed by atoms with Crippen LogP contribution in [0.15, 0.2) is 30.3 Å². The summed E-state index contributed by atoms with van der Waals surface area (Å²) >= 11 is 0. The lowest BCUT2D eigenvalue weighted by Crippen LogP contribution is -2.55. The van der Waals surface area contributed by atoms with E-state index in [1.165, 1.54) is 31.6 Å². The van der Waals surface area contributed by atoms with E-state index in [9.17, 15) is 4.79 Å². The van der Waals surface area contributed by atoms with Crippen LogP contribution in [-0.2, 0) is 4.79 Å². The minimum Gasteiger partial charge on any atom is -0.369 e. The normalized spacial score (nSPS) is 25.3. The first-order valence-electron chi connectivity index (χ1n) is 11.4. The molecule has 1 atom stereocenters. The molecule has 0 aromatic heterocycles. The molecule has 0 radical (unpaired) electrons. The molecule has 3 fully saturated rings. The number of anilines is 1. The van der Waals surface area contributed by atoms with Gasteiger partial charge in [0.2, 0.25) is 5.91 Å². The first-order valence-corrected chi connectivity index (χ1v) is 11.4. The van der Waals surface area contributed by atoms with Crippen molar-refractivity contribution in [2.45, 2.75) is 25.3 Å². The lowest BCUT2D eigenvalue weighted by molar-refractivity contribution is -0.133. The van der Waals surface area contributed by atoms with Gasteiger partial charge < -0.3 is 14.7 Å². The fourth-order valence-corrected chi connectivity index (χ4v) is 5.05. The summed E-state index contributed by atoms with van der Waals surface area (Å²) < 4.78 is 0. The largest absolute Gasteiger partial charge is 0.369 e. The minimum atomic E-state index is 0.343. The summed E-state index contributed by atoms with van der Waals surface area (Å²) in [6.07, 6.45) is 3.28. The third-order valence-corrected chi connectivity index (χ3v) is 6.92. The minimum absolute atomic E-state index is 0.343. The van der Waals surface area contributed by atoms with E-state index in [0.717, 1.165) is 58.9 Å². The van der Waals surface area contributed by atoms with Crippen LogP contribution in [0.5, 0.6) is 0 Å². The van der Waals surface area contributed by atoms with Gasteiger partial charge in [-0.2, -0.15) is 0 Å². The van der Waals surface area contributed by atoms with Crippen molar-refractivity contribution >= 4 is 11.6 Å². The van der Waals surface area contributed by atoms with Gasteiger partial charge in [0.1, 0.15) is 0 Å².